The van der Waals surface area contributed by atoms with E-state index in [1.54, 1.807) is 42.5 Å². The van der Waals surface area contributed by atoms with E-state index in [2.05, 4.69) is 5.32 Å². The first kappa shape index (κ1) is 23.5. The zero-order valence-electron chi connectivity index (χ0n) is 16.7. The molecule has 1 aliphatic heterocycles. The summed E-state index contributed by atoms with van der Waals surface area (Å²) in [6.45, 7) is 2.11. The number of rotatable bonds is 9. The van der Waals surface area contributed by atoms with Crippen LogP contribution in [0.2, 0.25) is 10.0 Å². The minimum absolute atomic E-state index is 0.0393. The molecule has 164 valence electrons. The molecule has 2 aromatic rings. The smallest absolute Gasteiger partial charge is 0.290 e. The SMILES string of the molecule is CCCc1c(OC[C@@H](O)COc2ccc(/C=C3/SC(=O)NC3=O)cc2)ccc(Cl)c1Cl. The van der Waals surface area contributed by atoms with Crippen molar-refractivity contribution in [2.75, 3.05) is 13.2 Å². The van der Waals surface area contributed by atoms with E-state index in [-0.39, 0.29) is 18.5 Å². The standard InChI is InChI=1S/C22H21Cl2NO5S/c1-2-3-16-18(9-8-17(23)20(16)24)30-12-14(26)11-29-15-6-4-13(5-7-15)10-19-21(27)25-22(28)31-19/h4-10,14,26H,2-3,11-12H2,1H3,(H,25,27,28)/b19-10+/t14-/m0/s1. The monoisotopic (exact) mass is 481 g/mol. The number of benzene rings is 2. The van der Waals surface area contributed by atoms with Gasteiger partial charge < -0.3 is 14.6 Å². The molecule has 0 aromatic heterocycles. The normalized spacial score (nSPS) is 15.8. The third kappa shape index (κ3) is 6.40. The molecular formula is C22H21Cl2NO5S. The second-order valence-corrected chi connectivity index (χ2v) is 8.59. The highest BCUT2D eigenvalue weighted by Crippen LogP contribution is 2.34. The van der Waals surface area contributed by atoms with Crippen molar-refractivity contribution in [3.05, 3.63) is 62.5 Å². The molecule has 2 amide bonds. The van der Waals surface area contributed by atoms with Crippen molar-refractivity contribution in [1.82, 2.24) is 5.32 Å². The number of amides is 2. The topological polar surface area (TPSA) is 84.9 Å². The Balaban J connectivity index is 1.52. The first-order valence-electron chi connectivity index (χ1n) is 9.62. The van der Waals surface area contributed by atoms with Crippen molar-refractivity contribution < 1.29 is 24.2 Å². The van der Waals surface area contributed by atoms with Gasteiger partial charge in [0.25, 0.3) is 11.1 Å². The van der Waals surface area contributed by atoms with Gasteiger partial charge in [-0.2, -0.15) is 0 Å². The Kier molecular flexibility index (Phi) is 8.26. The fraction of sp³-hybridized carbons (Fsp3) is 0.273. The maximum Gasteiger partial charge on any atom is 0.290 e. The maximum atomic E-state index is 11.6. The quantitative estimate of drug-likeness (QED) is 0.485. The third-order valence-corrected chi connectivity index (χ3v) is 6.00. The third-order valence-electron chi connectivity index (χ3n) is 4.35. The Morgan fingerprint density at radius 3 is 2.45 bits per heavy atom. The zero-order valence-corrected chi connectivity index (χ0v) is 19.0. The summed E-state index contributed by atoms with van der Waals surface area (Å²) < 4.78 is 11.3. The van der Waals surface area contributed by atoms with Gasteiger partial charge in [0.05, 0.1) is 15.0 Å². The Bertz CT molecular complexity index is 994. The van der Waals surface area contributed by atoms with Crippen LogP contribution in [0.4, 0.5) is 4.79 Å². The second kappa shape index (κ2) is 10.9. The Hall–Kier alpha value is -2.19. The van der Waals surface area contributed by atoms with Crippen LogP contribution in [0.25, 0.3) is 6.08 Å². The van der Waals surface area contributed by atoms with E-state index < -0.39 is 12.0 Å². The van der Waals surface area contributed by atoms with Gasteiger partial charge >= 0.3 is 0 Å². The van der Waals surface area contributed by atoms with Crippen LogP contribution < -0.4 is 14.8 Å². The first-order chi connectivity index (χ1) is 14.9. The number of hydrogen-bond acceptors (Lipinski definition) is 6. The summed E-state index contributed by atoms with van der Waals surface area (Å²) in [6, 6.07) is 10.4. The lowest BCUT2D eigenvalue weighted by molar-refractivity contribution is -0.115. The lowest BCUT2D eigenvalue weighted by Crippen LogP contribution is -2.25. The van der Waals surface area contributed by atoms with Crippen LogP contribution in [0.5, 0.6) is 11.5 Å². The Morgan fingerprint density at radius 1 is 1.10 bits per heavy atom. The summed E-state index contributed by atoms with van der Waals surface area (Å²) in [7, 11) is 0. The van der Waals surface area contributed by atoms with Crippen molar-refractivity contribution in [3.63, 3.8) is 0 Å². The van der Waals surface area contributed by atoms with Crippen molar-refractivity contribution in [1.29, 1.82) is 0 Å². The van der Waals surface area contributed by atoms with Crippen molar-refractivity contribution in [3.8, 4) is 11.5 Å². The van der Waals surface area contributed by atoms with Crippen molar-refractivity contribution >= 4 is 52.2 Å². The van der Waals surface area contributed by atoms with E-state index in [0.717, 1.165) is 35.7 Å². The molecule has 1 heterocycles. The molecule has 31 heavy (non-hydrogen) atoms. The average Bonchev–Trinajstić information content (AvgIpc) is 3.07. The summed E-state index contributed by atoms with van der Waals surface area (Å²) in [4.78, 5) is 23.1. The number of ether oxygens (including phenoxy) is 2. The van der Waals surface area contributed by atoms with E-state index >= 15 is 0 Å². The fourth-order valence-electron chi connectivity index (χ4n) is 2.85. The lowest BCUT2D eigenvalue weighted by Gasteiger charge is -2.17. The van der Waals surface area contributed by atoms with Crippen LogP contribution in [0, 0.1) is 0 Å². The molecule has 0 unspecified atom stereocenters. The lowest BCUT2D eigenvalue weighted by atomic mass is 10.1. The summed E-state index contributed by atoms with van der Waals surface area (Å²) in [5.74, 6) is 0.754. The number of nitrogens with one attached hydrogen (secondary N) is 1. The highest BCUT2D eigenvalue weighted by Gasteiger charge is 2.24. The molecule has 0 radical (unpaired) electrons. The molecule has 1 saturated heterocycles. The number of aliphatic hydroxyl groups is 1. The minimum Gasteiger partial charge on any atom is -0.491 e. The zero-order chi connectivity index (χ0) is 22.4. The molecule has 2 aromatic carbocycles. The van der Waals surface area contributed by atoms with Crippen LogP contribution >= 0.6 is 35.0 Å². The van der Waals surface area contributed by atoms with Gasteiger partial charge in [-0.15, -0.1) is 0 Å². The molecule has 2 N–H and O–H groups in total. The summed E-state index contributed by atoms with van der Waals surface area (Å²) >= 11 is 13.2. The van der Waals surface area contributed by atoms with Crippen LogP contribution in [0.3, 0.4) is 0 Å². The van der Waals surface area contributed by atoms with Gasteiger partial charge in [-0.25, -0.2) is 0 Å². The number of thioether (sulfide) groups is 1. The van der Waals surface area contributed by atoms with Crippen LogP contribution in [0.15, 0.2) is 41.3 Å². The average molecular weight is 482 g/mol. The van der Waals surface area contributed by atoms with E-state index in [1.807, 2.05) is 6.92 Å². The molecule has 1 aliphatic rings. The molecule has 1 fully saturated rings. The number of imide groups is 1. The molecule has 9 heteroatoms. The maximum absolute atomic E-state index is 11.6. The van der Waals surface area contributed by atoms with Gasteiger partial charge in [0.2, 0.25) is 0 Å². The number of carbonyl (C=O) groups is 2. The van der Waals surface area contributed by atoms with Crippen LogP contribution in [-0.2, 0) is 11.2 Å². The van der Waals surface area contributed by atoms with E-state index in [1.165, 1.54) is 0 Å². The fourth-order valence-corrected chi connectivity index (χ4v) is 3.96. The molecular weight excluding hydrogens is 461 g/mol. The molecule has 6 nitrogen and oxygen atoms in total. The van der Waals surface area contributed by atoms with E-state index in [9.17, 15) is 14.7 Å². The molecule has 0 spiro atoms. The summed E-state index contributed by atoms with van der Waals surface area (Å²) in [5, 5.41) is 13.0. The van der Waals surface area contributed by atoms with E-state index in [0.29, 0.717) is 26.4 Å². The van der Waals surface area contributed by atoms with Crippen molar-refractivity contribution in [2.45, 2.75) is 25.9 Å². The predicted octanol–water partition coefficient (Wildman–Crippen LogP) is 5.09. The van der Waals surface area contributed by atoms with Crippen molar-refractivity contribution in [2.24, 2.45) is 0 Å². The Labute approximate surface area is 194 Å². The van der Waals surface area contributed by atoms with E-state index in [4.69, 9.17) is 32.7 Å². The number of carbonyl (C=O) groups excluding carboxylic acids is 2. The summed E-state index contributed by atoms with van der Waals surface area (Å²) in [6.07, 6.45) is 2.38. The number of halogens is 2. The largest absolute Gasteiger partial charge is 0.491 e. The van der Waals surface area contributed by atoms with Gasteiger partial charge in [0.15, 0.2) is 0 Å². The van der Waals surface area contributed by atoms with Gasteiger partial charge in [0, 0.05) is 5.56 Å². The molecule has 1 atom stereocenters. The molecule has 0 bridgehead atoms. The highest BCUT2D eigenvalue weighted by atomic mass is 35.5. The molecule has 0 aliphatic carbocycles. The van der Waals surface area contributed by atoms with Gasteiger partial charge in [-0.05, 0) is 54.1 Å². The minimum atomic E-state index is -0.852. The van der Waals surface area contributed by atoms with Gasteiger partial charge in [0.1, 0.15) is 30.8 Å². The first-order valence-corrected chi connectivity index (χ1v) is 11.2. The van der Waals surface area contributed by atoms with Gasteiger partial charge in [-0.3, -0.25) is 14.9 Å². The highest BCUT2D eigenvalue weighted by molar-refractivity contribution is 8.18. The second-order valence-electron chi connectivity index (χ2n) is 6.79. The Morgan fingerprint density at radius 2 is 1.81 bits per heavy atom. The molecule has 3 rings (SSSR count). The number of aliphatic hydroxyl groups excluding tert-OH is 1. The predicted molar refractivity (Wildman–Crippen MR) is 123 cm³/mol. The number of hydrogen-bond donors (Lipinski definition) is 2. The van der Waals surface area contributed by atoms with Gasteiger partial charge in [-0.1, -0.05) is 48.7 Å². The summed E-state index contributed by atoms with van der Waals surface area (Å²) in [5.41, 5.74) is 1.58. The van der Waals surface area contributed by atoms with Crippen LogP contribution in [0.1, 0.15) is 24.5 Å². The van der Waals surface area contributed by atoms with Crippen LogP contribution in [-0.4, -0.2) is 35.6 Å². The molecule has 0 saturated carbocycles.